The second kappa shape index (κ2) is 5.57. The molecule has 2 aliphatic rings. The molecule has 2 aromatic rings. The quantitative estimate of drug-likeness (QED) is 0.818. The first-order valence-corrected chi connectivity index (χ1v) is 7.84. The molecule has 116 valence electrons. The van der Waals surface area contributed by atoms with Gasteiger partial charge in [0.2, 0.25) is 5.91 Å². The number of carbonyl (C=O) groups excluding carboxylic acids is 1. The molecule has 0 unspecified atom stereocenters. The number of likely N-dealkylation sites (tertiary alicyclic amines) is 1. The fourth-order valence-electron chi connectivity index (χ4n) is 3.16. The average molecular weight is 300 g/mol. The van der Waals surface area contributed by atoms with Crippen LogP contribution in [0.4, 0.5) is 5.69 Å². The molecule has 7 heteroatoms. The molecule has 2 aromatic heterocycles. The van der Waals surface area contributed by atoms with Crippen LogP contribution in [0.3, 0.4) is 0 Å². The Morgan fingerprint density at radius 1 is 1.23 bits per heavy atom. The fraction of sp³-hybridized carbons (Fsp3) is 0.533. The van der Waals surface area contributed by atoms with Crippen LogP contribution in [0.5, 0.6) is 0 Å². The van der Waals surface area contributed by atoms with Gasteiger partial charge in [0.1, 0.15) is 0 Å². The highest BCUT2D eigenvalue weighted by Crippen LogP contribution is 2.25. The molecule has 22 heavy (non-hydrogen) atoms. The molecule has 0 atom stereocenters. The van der Waals surface area contributed by atoms with Gasteiger partial charge in [0.25, 0.3) is 0 Å². The predicted octanol–water partition coefficient (Wildman–Crippen LogP) is 0.763. The van der Waals surface area contributed by atoms with Crippen LogP contribution in [0.15, 0.2) is 30.9 Å². The van der Waals surface area contributed by atoms with Gasteiger partial charge in [-0.25, -0.2) is 0 Å². The predicted molar refractivity (Wildman–Crippen MR) is 81.5 cm³/mol. The lowest BCUT2D eigenvalue weighted by atomic mass is 10.1. The zero-order valence-corrected chi connectivity index (χ0v) is 12.5. The zero-order valence-electron chi connectivity index (χ0n) is 12.5. The maximum Gasteiger partial charge on any atom is 0.227 e. The molecule has 0 N–H and O–H groups in total. The van der Waals surface area contributed by atoms with Crippen molar-refractivity contribution >= 4 is 11.6 Å². The van der Waals surface area contributed by atoms with Crippen LogP contribution in [0.1, 0.15) is 18.9 Å². The number of amides is 1. The molecule has 4 heterocycles. The Morgan fingerprint density at radius 3 is 2.86 bits per heavy atom. The molecule has 0 aliphatic carbocycles. The maximum atomic E-state index is 11.8. The van der Waals surface area contributed by atoms with Crippen LogP contribution in [0.25, 0.3) is 0 Å². The summed E-state index contributed by atoms with van der Waals surface area (Å²) in [5.41, 5.74) is 0.942. The SMILES string of the molecule is O=C1CCCN1c1cnn(C2CN(CCn3cccn3)C2)c1. The van der Waals surface area contributed by atoms with Crippen molar-refractivity contribution in [2.75, 3.05) is 31.1 Å². The standard InChI is InChI=1S/C15H20N6O/c22-15-3-1-6-20(15)13-9-17-21(12-13)14-10-18(11-14)7-8-19-5-2-4-16-19/h2,4-5,9,12,14H,1,3,6-8,10-11H2. The van der Waals surface area contributed by atoms with Crippen molar-refractivity contribution in [2.24, 2.45) is 0 Å². The van der Waals surface area contributed by atoms with Gasteiger partial charge in [0.05, 0.1) is 24.5 Å². The molecule has 0 saturated carbocycles. The highest BCUT2D eigenvalue weighted by Gasteiger charge is 2.30. The van der Waals surface area contributed by atoms with Gasteiger partial charge in [0, 0.05) is 51.2 Å². The molecule has 2 fully saturated rings. The van der Waals surface area contributed by atoms with Gasteiger partial charge in [-0.2, -0.15) is 10.2 Å². The molecular weight excluding hydrogens is 280 g/mol. The number of anilines is 1. The Morgan fingerprint density at radius 2 is 2.14 bits per heavy atom. The van der Waals surface area contributed by atoms with Crippen molar-refractivity contribution in [1.29, 1.82) is 0 Å². The Labute approximate surface area is 129 Å². The minimum atomic E-state index is 0.217. The topological polar surface area (TPSA) is 59.2 Å². The van der Waals surface area contributed by atoms with E-state index in [-0.39, 0.29) is 5.91 Å². The lowest BCUT2D eigenvalue weighted by molar-refractivity contribution is -0.117. The minimum absolute atomic E-state index is 0.217. The van der Waals surface area contributed by atoms with Gasteiger partial charge in [0.15, 0.2) is 0 Å². The van der Waals surface area contributed by atoms with Gasteiger partial charge < -0.3 is 4.90 Å². The second-order valence-electron chi connectivity index (χ2n) is 6.01. The van der Waals surface area contributed by atoms with E-state index in [9.17, 15) is 4.79 Å². The van der Waals surface area contributed by atoms with Gasteiger partial charge >= 0.3 is 0 Å². The maximum absolute atomic E-state index is 11.8. The largest absolute Gasteiger partial charge is 0.309 e. The van der Waals surface area contributed by atoms with Gasteiger partial charge in [-0.05, 0) is 12.5 Å². The van der Waals surface area contributed by atoms with Crippen molar-refractivity contribution in [1.82, 2.24) is 24.5 Å². The van der Waals surface area contributed by atoms with Crippen molar-refractivity contribution < 1.29 is 4.79 Å². The summed E-state index contributed by atoms with van der Waals surface area (Å²) < 4.78 is 3.96. The van der Waals surface area contributed by atoms with E-state index < -0.39 is 0 Å². The second-order valence-corrected chi connectivity index (χ2v) is 6.01. The summed E-state index contributed by atoms with van der Waals surface area (Å²) in [6.45, 7) is 4.78. The van der Waals surface area contributed by atoms with E-state index in [1.165, 1.54) is 0 Å². The molecule has 0 aromatic carbocycles. The summed E-state index contributed by atoms with van der Waals surface area (Å²) in [5.74, 6) is 0.217. The summed E-state index contributed by atoms with van der Waals surface area (Å²) in [4.78, 5) is 16.0. The van der Waals surface area contributed by atoms with Gasteiger partial charge in [-0.15, -0.1) is 0 Å². The summed E-state index contributed by atoms with van der Waals surface area (Å²) in [6, 6.07) is 2.37. The molecule has 0 spiro atoms. The van der Waals surface area contributed by atoms with Crippen LogP contribution in [0.2, 0.25) is 0 Å². The van der Waals surface area contributed by atoms with Gasteiger partial charge in [-0.3, -0.25) is 19.1 Å². The van der Waals surface area contributed by atoms with Crippen molar-refractivity contribution in [3.63, 3.8) is 0 Å². The molecule has 2 aliphatic heterocycles. The molecule has 2 saturated heterocycles. The van der Waals surface area contributed by atoms with E-state index in [0.29, 0.717) is 12.5 Å². The summed E-state index contributed by atoms with van der Waals surface area (Å²) in [5, 5.41) is 8.65. The highest BCUT2D eigenvalue weighted by molar-refractivity contribution is 5.95. The smallest absolute Gasteiger partial charge is 0.227 e. The highest BCUT2D eigenvalue weighted by atomic mass is 16.2. The van der Waals surface area contributed by atoms with Crippen LogP contribution in [0, 0.1) is 0 Å². The van der Waals surface area contributed by atoms with E-state index in [0.717, 1.165) is 44.8 Å². The van der Waals surface area contributed by atoms with E-state index in [2.05, 4.69) is 15.1 Å². The minimum Gasteiger partial charge on any atom is -0.309 e. The van der Waals surface area contributed by atoms with Crippen LogP contribution in [-0.2, 0) is 11.3 Å². The summed E-state index contributed by atoms with van der Waals surface area (Å²) >= 11 is 0. The Hall–Kier alpha value is -2.15. The Kier molecular flexibility index (Phi) is 3.42. The number of rotatable bonds is 5. The van der Waals surface area contributed by atoms with Crippen LogP contribution < -0.4 is 4.90 Å². The average Bonchev–Trinajstić information content (AvgIpc) is 3.17. The fourth-order valence-corrected chi connectivity index (χ4v) is 3.16. The number of carbonyl (C=O) groups is 1. The lowest BCUT2D eigenvalue weighted by Gasteiger charge is -2.39. The zero-order chi connectivity index (χ0) is 14.9. The summed E-state index contributed by atoms with van der Waals surface area (Å²) in [7, 11) is 0. The number of aromatic nitrogens is 4. The third kappa shape index (κ3) is 2.52. The molecular formula is C15H20N6O. The molecule has 4 rings (SSSR count). The van der Waals surface area contributed by atoms with E-state index in [4.69, 9.17) is 0 Å². The first kappa shape index (κ1) is 13.5. The van der Waals surface area contributed by atoms with Crippen molar-refractivity contribution in [3.05, 3.63) is 30.9 Å². The van der Waals surface area contributed by atoms with Crippen LogP contribution in [-0.4, -0.2) is 56.5 Å². The number of hydrogen-bond donors (Lipinski definition) is 0. The van der Waals surface area contributed by atoms with Gasteiger partial charge in [-0.1, -0.05) is 0 Å². The van der Waals surface area contributed by atoms with E-state index in [1.54, 1.807) is 0 Å². The van der Waals surface area contributed by atoms with E-state index in [1.807, 2.05) is 45.1 Å². The monoisotopic (exact) mass is 300 g/mol. The molecule has 7 nitrogen and oxygen atoms in total. The molecule has 0 radical (unpaired) electrons. The Bertz CT molecular complexity index is 643. The normalized spacial score (nSPS) is 19.8. The third-order valence-corrected chi connectivity index (χ3v) is 4.49. The van der Waals surface area contributed by atoms with Crippen molar-refractivity contribution in [3.8, 4) is 0 Å². The lowest BCUT2D eigenvalue weighted by Crippen LogP contribution is -2.48. The molecule has 0 bridgehead atoms. The van der Waals surface area contributed by atoms with Crippen LogP contribution >= 0.6 is 0 Å². The number of nitrogens with zero attached hydrogens (tertiary/aromatic N) is 6. The summed E-state index contributed by atoms with van der Waals surface area (Å²) in [6.07, 6.45) is 9.24. The van der Waals surface area contributed by atoms with Crippen molar-refractivity contribution in [2.45, 2.75) is 25.4 Å². The Balaban J connectivity index is 1.29. The molecule has 1 amide bonds. The van der Waals surface area contributed by atoms with E-state index >= 15 is 0 Å². The number of hydrogen-bond acceptors (Lipinski definition) is 4. The first-order valence-electron chi connectivity index (χ1n) is 7.84. The third-order valence-electron chi connectivity index (χ3n) is 4.49. The first-order chi connectivity index (χ1) is 10.8.